The molecule has 0 bridgehead atoms. The molecule has 7 heteroatoms. The van der Waals surface area contributed by atoms with Gasteiger partial charge in [-0.3, -0.25) is 4.79 Å². The van der Waals surface area contributed by atoms with Crippen molar-refractivity contribution in [1.29, 1.82) is 0 Å². The molecule has 1 aliphatic rings. The molecule has 1 heterocycles. The SMILES string of the molecule is COc1ccc(C=CC(=O)N(Cc2ccc(C(C)(C)C)cc2)C2CCS(=O)(=O)C2)cc1OC. The summed E-state index contributed by atoms with van der Waals surface area (Å²) in [4.78, 5) is 14.9. The highest BCUT2D eigenvalue weighted by Crippen LogP contribution is 2.28. The van der Waals surface area contributed by atoms with Crippen molar-refractivity contribution in [3.05, 3.63) is 65.2 Å². The standard InChI is InChI=1S/C26H33NO5S/c1-26(2,3)21-10-6-20(7-11-21)17-27(22-14-15-33(29,30)18-22)25(28)13-9-19-8-12-23(31-4)24(16-19)32-5/h6-13,16,22H,14-15,17-18H2,1-5H3. The Morgan fingerprint density at radius 1 is 1.06 bits per heavy atom. The van der Waals surface area contributed by atoms with Gasteiger partial charge in [-0.2, -0.15) is 0 Å². The van der Waals surface area contributed by atoms with Crippen LogP contribution >= 0.6 is 0 Å². The minimum Gasteiger partial charge on any atom is -0.493 e. The molecule has 0 radical (unpaired) electrons. The number of nitrogens with zero attached hydrogens (tertiary/aromatic N) is 1. The Labute approximate surface area is 197 Å². The number of ether oxygens (including phenoxy) is 2. The number of methoxy groups -OCH3 is 2. The fourth-order valence-electron chi connectivity index (χ4n) is 3.93. The van der Waals surface area contributed by atoms with Crippen molar-refractivity contribution in [3.8, 4) is 11.5 Å². The van der Waals surface area contributed by atoms with E-state index in [2.05, 4.69) is 32.9 Å². The highest BCUT2D eigenvalue weighted by atomic mass is 32.2. The Morgan fingerprint density at radius 3 is 2.27 bits per heavy atom. The molecule has 0 N–H and O–H groups in total. The molecule has 2 aromatic carbocycles. The monoisotopic (exact) mass is 471 g/mol. The number of sulfone groups is 1. The zero-order chi connectivity index (χ0) is 24.2. The fourth-order valence-corrected chi connectivity index (χ4v) is 5.67. The summed E-state index contributed by atoms with van der Waals surface area (Å²) < 4.78 is 34.8. The van der Waals surface area contributed by atoms with Crippen LogP contribution in [0.1, 0.15) is 43.9 Å². The Kier molecular flexibility index (Phi) is 7.52. The average Bonchev–Trinajstić information content (AvgIpc) is 3.14. The van der Waals surface area contributed by atoms with Crippen LogP contribution in [0.3, 0.4) is 0 Å². The van der Waals surface area contributed by atoms with Gasteiger partial charge >= 0.3 is 0 Å². The van der Waals surface area contributed by atoms with Crippen LogP contribution in [0, 0.1) is 0 Å². The predicted molar refractivity (Wildman–Crippen MR) is 131 cm³/mol. The normalized spacial score (nSPS) is 17.8. The van der Waals surface area contributed by atoms with E-state index in [1.807, 2.05) is 18.2 Å². The molecule has 1 aliphatic heterocycles. The summed E-state index contributed by atoms with van der Waals surface area (Å²) in [5, 5.41) is 0. The molecule has 2 aromatic rings. The van der Waals surface area contributed by atoms with E-state index in [0.29, 0.717) is 24.5 Å². The zero-order valence-electron chi connectivity index (χ0n) is 20.0. The molecule has 178 valence electrons. The molecule has 1 atom stereocenters. The van der Waals surface area contributed by atoms with Crippen LogP contribution < -0.4 is 9.47 Å². The molecule has 0 spiro atoms. The van der Waals surface area contributed by atoms with E-state index in [0.717, 1.165) is 11.1 Å². The second kappa shape index (κ2) is 10.00. The van der Waals surface area contributed by atoms with E-state index >= 15 is 0 Å². The van der Waals surface area contributed by atoms with E-state index in [9.17, 15) is 13.2 Å². The lowest BCUT2D eigenvalue weighted by Gasteiger charge is -2.28. The highest BCUT2D eigenvalue weighted by Gasteiger charge is 2.34. The molecule has 6 nitrogen and oxygen atoms in total. The summed E-state index contributed by atoms with van der Waals surface area (Å²) in [6.07, 6.45) is 3.66. The lowest BCUT2D eigenvalue weighted by Crippen LogP contribution is -2.39. The number of amides is 1. The highest BCUT2D eigenvalue weighted by molar-refractivity contribution is 7.91. The first-order chi connectivity index (χ1) is 15.5. The predicted octanol–water partition coefficient (Wildman–Crippen LogP) is 4.23. The number of hydrogen-bond acceptors (Lipinski definition) is 5. The van der Waals surface area contributed by atoms with Crippen molar-refractivity contribution in [3.63, 3.8) is 0 Å². The number of carbonyl (C=O) groups is 1. The second-order valence-corrected chi connectivity index (χ2v) is 11.6. The van der Waals surface area contributed by atoms with Crippen LogP contribution in [0.4, 0.5) is 0 Å². The maximum Gasteiger partial charge on any atom is 0.247 e. The molecule has 1 saturated heterocycles. The molecule has 0 aromatic heterocycles. The second-order valence-electron chi connectivity index (χ2n) is 9.42. The van der Waals surface area contributed by atoms with E-state index in [4.69, 9.17) is 9.47 Å². The van der Waals surface area contributed by atoms with Gasteiger partial charge < -0.3 is 14.4 Å². The lowest BCUT2D eigenvalue weighted by molar-refractivity contribution is -0.128. The molecule has 1 amide bonds. The summed E-state index contributed by atoms with van der Waals surface area (Å²) in [5.74, 6) is 1.08. The maximum atomic E-state index is 13.2. The van der Waals surface area contributed by atoms with Crippen molar-refractivity contribution in [2.45, 2.75) is 45.2 Å². The Morgan fingerprint density at radius 2 is 1.73 bits per heavy atom. The first-order valence-corrected chi connectivity index (χ1v) is 12.8. The van der Waals surface area contributed by atoms with Crippen molar-refractivity contribution >= 4 is 21.8 Å². The molecule has 0 saturated carbocycles. The fraction of sp³-hybridized carbons (Fsp3) is 0.423. The van der Waals surface area contributed by atoms with Crippen molar-refractivity contribution in [2.24, 2.45) is 0 Å². The largest absolute Gasteiger partial charge is 0.493 e. The summed E-state index contributed by atoms with van der Waals surface area (Å²) >= 11 is 0. The van der Waals surface area contributed by atoms with Gasteiger partial charge in [-0.05, 0) is 46.7 Å². The molecule has 1 unspecified atom stereocenters. The third-order valence-corrected chi connectivity index (χ3v) is 7.68. The molecular weight excluding hydrogens is 438 g/mol. The van der Waals surface area contributed by atoms with Gasteiger partial charge in [-0.1, -0.05) is 51.1 Å². The third-order valence-electron chi connectivity index (χ3n) is 5.93. The summed E-state index contributed by atoms with van der Waals surface area (Å²) in [6.45, 7) is 6.82. The van der Waals surface area contributed by atoms with Gasteiger partial charge in [-0.15, -0.1) is 0 Å². The molecule has 1 fully saturated rings. The maximum absolute atomic E-state index is 13.2. The van der Waals surface area contributed by atoms with Crippen LogP contribution in [0.25, 0.3) is 6.08 Å². The van der Waals surface area contributed by atoms with E-state index in [-0.39, 0.29) is 28.9 Å². The summed E-state index contributed by atoms with van der Waals surface area (Å²) in [5.41, 5.74) is 3.01. The number of rotatable bonds is 7. The van der Waals surface area contributed by atoms with Crippen LogP contribution in [-0.2, 0) is 26.6 Å². The van der Waals surface area contributed by atoms with Gasteiger partial charge in [0.25, 0.3) is 0 Å². The van der Waals surface area contributed by atoms with Crippen LogP contribution in [0.5, 0.6) is 11.5 Å². The van der Waals surface area contributed by atoms with E-state index < -0.39 is 9.84 Å². The molecule has 3 rings (SSSR count). The van der Waals surface area contributed by atoms with Gasteiger partial charge in [0.2, 0.25) is 5.91 Å². The number of carbonyl (C=O) groups excluding carboxylic acids is 1. The Bertz CT molecular complexity index is 1110. The summed E-state index contributed by atoms with van der Waals surface area (Å²) in [7, 11) is 0.00255. The molecule has 0 aliphatic carbocycles. The van der Waals surface area contributed by atoms with Crippen molar-refractivity contribution < 1.29 is 22.7 Å². The first-order valence-electron chi connectivity index (χ1n) is 11.0. The quantitative estimate of drug-likeness (QED) is 0.565. The Hall–Kier alpha value is -2.80. The first kappa shape index (κ1) is 24.8. The zero-order valence-corrected chi connectivity index (χ0v) is 20.8. The van der Waals surface area contributed by atoms with Gasteiger partial charge in [0.05, 0.1) is 25.7 Å². The minimum absolute atomic E-state index is 0.00299. The van der Waals surface area contributed by atoms with Gasteiger partial charge in [-0.25, -0.2) is 8.42 Å². The minimum atomic E-state index is -3.12. The average molecular weight is 472 g/mol. The van der Waals surface area contributed by atoms with Crippen LogP contribution in [-0.4, -0.2) is 51.0 Å². The van der Waals surface area contributed by atoms with Gasteiger partial charge in [0.15, 0.2) is 21.3 Å². The number of benzene rings is 2. The topological polar surface area (TPSA) is 72.9 Å². The smallest absolute Gasteiger partial charge is 0.247 e. The number of hydrogen-bond donors (Lipinski definition) is 0. The van der Waals surface area contributed by atoms with Crippen LogP contribution in [0.2, 0.25) is 0 Å². The lowest BCUT2D eigenvalue weighted by atomic mass is 9.86. The van der Waals surface area contributed by atoms with E-state index in [1.165, 1.54) is 11.6 Å². The molecule has 33 heavy (non-hydrogen) atoms. The van der Waals surface area contributed by atoms with Crippen molar-refractivity contribution in [1.82, 2.24) is 4.90 Å². The van der Waals surface area contributed by atoms with E-state index in [1.54, 1.807) is 37.3 Å². The summed E-state index contributed by atoms with van der Waals surface area (Å²) in [6, 6.07) is 13.2. The van der Waals surface area contributed by atoms with Gasteiger partial charge in [0.1, 0.15) is 0 Å². The molecular formula is C26H33NO5S. The van der Waals surface area contributed by atoms with Gasteiger partial charge in [0, 0.05) is 18.7 Å². The Balaban J connectivity index is 1.83. The van der Waals surface area contributed by atoms with Crippen LogP contribution in [0.15, 0.2) is 48.5 Å². The van der Waals surface area contributed by atoms with Crippen molar-refractivity contribution in [2.75, 3.05) is 25.7 Å². The third kappa shape index (κ3) is 6.38.